The van der Waals surface area contributed by atoms with Gasteiger partial charge in [-0.3, -0.25) is 9.78 Å². The summed E-state index contributed by atoms with van der Waals surface area (Å²) in [5.41, 5.74) is 3.63. The Bertz CT molecular complexity index is 718. The molecule has 1 aromatic heterocycles. The molecule has 24 heavy (non-hydrogen) atoms. The van der Waals surface area contributed by atoms with Crippen molar-refractivity contribution in [2.75, 3.05) is 26.0 Å². The number of carbonyl (C=O) groups excluding carboxylic acids is 1. The van der Waals surface area contributed by atoms with Crippen LogP contribution in [0.1, 0.15) is 30.5 Å². The fourth-order valence-corrected chi connectivity index (χ4v) is 4.23. The smallest absolute Gasteiger partial charge is 0.230 e. The molecule has 0 bridgehead atoms. The first-order valence-electron chi connectivity index (χ1n) is 8.58. The van der Waals surface area contributed by atoms with Gasteiger partial charge in [0.15, 0.2) is 0 Å². The number of rotatable bonds is 7. The van der Waals surface area contributed by atoms with E-state index >= 15 is 0 Å². The van der Waals surface area contributed by atoms with E-state index in [0.29, 0.717) is 18.9 Å². The number of aromatic nitrogens is 1. The molecule has 0 spiro atoms. The third kappa shape index (κ3) is 4.08. The third-order valence-electron chi connectivity index (χ3n) is 4.31. The molecule has 128 valence electrons. The predicted molar refractivity (Wildman–Crippen MR) is 98.6 cm³/mol. The van der Waals surface area contributed by atoms with Gasteiger partial charge in [0.1, 0.15) is 0 Å². The van der Waals surface area contributed by atoms with Gasteiger partial charge in [-0.05, 0) is 43.7 Å². The molecule has 0 radical (unpaired) electrons. The van der Waals surface area contributed by atoms with Crippen LogP contribution in [0.25, 0.3) is 10.9 Å². The number of methoxy groups -OCH3 is 1. The minimum Gasteiger partial charge on any atom is -0.385 e. The number of para-hydroxylation sites is 1. The first-order chi connectivity index (χ1) is 11.8. The number of thioether (sulfide) groups is 1. The topological polar surface area (TPSA) is 51.2 Å². The Morgan fingerprint density at radius 3 is 3.00 bits per heavy atom. The number of hydrogen-bond donors (Lipinski definition) is 1. The Labute approximate surface area is 147 Å². The van der Waals surface area contributed by atoms with E-state index in [-0.39, 0.29) is 5.91 Å². The quantitative estimate of drug-likeness (QED) is 0.618. The van der Waals surface area contributed by atoms with Crippen molar-refractivity contribution in [3.05, 3.63) is 35.5 Å². The zero-order valence-electron chi connectivity index (χ0n) is 14.1. The molecule has 3 rings (SSSR count). The highest BCUT2D eigenvalue weighted by Crippen LogP contribution is 2.35. The van der Waals surface area contributed by atoms with E-state index in [2.05, 4.69) is 17.4 Å². The molecule has 0 saturated heterocycles. The molecule has 0 atom stereocenters. The van der Waals surface area contributed by atoms with Crippen molar-refractivity contribution in [2.24, 2.45) is 0 Å². The number of ether oxygens (including phenoxy) is 1. The molecule has 4 nitrogen and oxygen atoms in total. The molecular formula is C19H24N2O2S. The summed E-state index contributed by atoms with van der Waals surface area (Å²) in [7, 11) is 1.68. The number of benzene rings is 1. The first-order valence-corrected chi connectivity index (χ1v) is 9.57. The van der Waals surface area contributed by atoms with Gasteiger partial charge in [0, 0.05) is 36.2 Å². The zero-order valence-corrected chi connectivity index (χ0v) is 15.0. The van der Waals surface area contributed by atoms with E-state index in [4.69, 9.17) is 9.72 Å². The van der Waals surface area contributed by atoms with Crippen molar-refractivity contribution in [1.82, 2.24) is 10.3 Å². The fourth-order valence-electron chi connectivity index (χ4n) is 3.13. The number of hydrogen-bond acceptors (Lipinski definition) is 4. The molecule has 0 saturated carbocycles. The Balaban J connectivity index is 1.74. The second kappa shape index (κ2) is 8.49. The average molecular weight is 344 g/mol. The average Bonchev–Trinajstić information content (AvgIpc) is 2.62. The largest absolute Gasteiger partial charge is 0.385 e. The van der Waals surface area contributed by atoms with Crippen LogP contribution in [0.3, 0.4) is 0 Å². The number of nitrogens with zero attached hydrogens (tertiary/aromatic N) is 1. The number of carbonyl (C=O) groups is 1. The van der Waals surface area contributed by atoms with Crippen LogP contribution in [0.15, 0.2) is 29.2 Å². The molecule has 1 heterocycles. The van der Waals surface area contributed by atoms with Gasteiger partial charge in [0.05, 0.1) is 11.3 Å². The van der Waals surface area contributed by atoms with Crippen molar-refractivity contribution >= 4 is 28.6 Å². The van der Waals surface area contributed by atoms with E-state index in [1.165, 1.54) is 34.4 Å². The lowest BCUT2D eigenvalue weighted by Crippen LogP contribution is -2.26. The van der Waals surface area contributed by atoms with Crippen LogP contribution in [0, 0.1) is 0 Å². The lowest BCUT2D eigenvalue weighted by atomic mass is 9.94. The molecule has 0 unspecified atom stereocenters. The summed E-state index contributed by atoms with van der Waals surface area (Å²) in [5.74, 6) is 0.537. The minimum atomic E-state index is 0.0848. The van der Waals surface area contributed by atoms with Gasteiger partial charge in [-0.1, -0.05) is 18.2 Å². The van der Waals surface area contributed by atoms with Crippen molar-refractivity contribution in [2.45, 2.75) is 37.0 Å². The number of aryl methyl sites for hydroxylation is 1. The van der Waals surface area contributed by atoms with Gasteiger partial charge >= 0.3 is 0 Å². The van der Waals surface area contributed by atoms with Gasteiger partial charge < -0.3 is 10.1 Å². The maximum atomic E-state index is 12.1. The lowest BCUT2D eigenvalue weighted by Gasteiger charge is -2.20. The second-order valence-corrected chi connectivity index (χ2v) is 7.06. The van der Waals surface area contributed by atoms with Crippen LogP contribution in [-0.2, 0) is 22.4 Å². The SMILES string of the molecule is COCCCNC(=O)CSc1c2c(nc3ccccc13)CCCC2. The van der Waals surface area contributed by atoms with E-state index in [9.17, 15) is 4.79 Å². The van der Waals surface area contributed by atoms with Gasteiger partial charge in [0.2, 0.25) is 5.91 Å². The van der Waals surface area contributed by atoms with E-state index in [1.807, 2.05) is 12.1 Å². The highest BCUT2D eigenvalue weighted by atomic mass is 32.2. The summed E-state index contributed by atoms with van der Waals surface area (Å²) >= 11 is 1.65. The van der Waals surface area contributed by atoms with Crippen LogP contribution in [0.4, 0.5) is 0 Å². The fraction of sp³-hybridized carbons (Fsp3) is 0.474. The molecular weight excluding hydrogens is 320 g/mol. The molecule has 0 aliphatic heterocycles. The van der Waals surface area contributed by atoms with Crippen molar-refractivity contribution < 1.29 is 9.53 Å². The van der Waals surface area contributed by atoms with Crippen LogP contribution in [-0.4, -0.2) is 36.9 Å². The molecule has 5 heteroatoms. The van der Waals surface area contributed by atoms with E-state index in [1.54, 1.807) is 18.9 Å². The monoisotopic (exact) mass is 344 g/mol. The van der Waals surface area contributed by atoms with Crippen molar-refractivity contribution in [3.63, 3.8) is 0 Å². The summed E-state index contributed by atoms with van der Waals surface area (Å²) in [5, 5.41) is 4.14. The second-order valence-electron chi connectivity index (χ2n) is 6.08. The van der Waals surface area contributed by atoms with Gasteiger partial charge in [-0.25, -0.2) is 0 Å². The molecule has 1 aliphatic rings. The Morgan fingerprint density at radius 1 is 1.29 bits per heavy atom. The Morgan fingerprint density at radius 2 is 2.12 bits per heavy atom. The number of pyridine rings is 1. The molecule has 1 N–H and O–H groups in total. The van der Waals surface area contributed by atoms with Crippen LogP contribution >= 0.6 is 11.8 Å². The standard InChI is InChI=1S/C19H24N2O2S/c1-23-12-6-11-20-18(22)13-24-19-14-7-2-4-9-16(14)21-17-10-5-3-8-15(17)19/h2,4,7,9H,3,5-6,8,10-13H2,1H3,(H,20,22). The molecule has 1 aromatic carbocycles. The molecule has 1 aliphatic carbocycles. The van der Waals surface area contributed by atoms with Crippen LogP contribution in [0.2, 0.25) is 0 Å². The Hall–Kier alpha value is -1.59. The van der Waals surface area contributed by atoms with Gasteiger partial charge in [0.25, 0.3) is 0 Å². The van der Waals surface area contributed by atoms with Crippen molar-refractivity contribution in [1.29, 1.82) is 0 Å². The highest BCUT2D eigenvalue weighted by molar-refractivity contribution is 8.00. The third-order valence-corrected chi connectivity index (χ3v) is 5.47. The summed E-state index contributed by atoms with van der Waals surface area (Å²) in [6.45, 7) is 1.35. The first kappa shape index (κ1) is 17.2. The van der Waals surface area contributed by atoms with Gasteiger partial charge in [-0.15, -0.1) is 11.8 Å². The molecule has 1 amide bonds. The number of amides is 1. The zero-order chi connectivity index (χ0) is 16.8. The summed E-state index contributed by atoms with van der Waals surface area (Å²) in [6.07, 6.45) is 5.40. The minimum absolute atomic E-state index is 0.0848. The summed E-state index contributed by atoms with van der Waals surface area (Å²) < 4.78 is 5.00. The number of fused-ring (bicyclic) bond motifs is 2. The highest BCUT2D eigenvalue weighted by Gasteiger charge is 2.19. The van der Waals surface area contributed by atoms with E-state index in [0.717, 1.165) is 24.8 Å². The lowest BCUT2D eigenvalue weighted by molar-refractivity contribution is -0.118. The van der Waals surface area contributed by atoms with Crippen LogP contribution < -0.4 is 5.32 Å². The molecule has 2 aromatic rings. The normalized spacial score (nSPS) is 13.7. The van der Waals surface area contributed by atoms with E-state index < -0.39 is 0 Å². The summed E-state index contributed by atoms with van der Waals surface area (Å²) in [4.78, 5) is 18.2. The van der Waals surface area contributed by atoms with Gasteiger partial charge in [-0.2, -0.15) is 0 Å². The predicted octanol–water partition coefficient (Wildman–Crippen LogP) is 3.36. The number of nitrogens with one attached hydrogen (secondary N) is 1. The molecule has 0 fully saturated rings. The maximum absolute atomic E-state index is 12.1. The maximum Gasteiger partial charge on any atom is 0.230 e. The van der Waals surface area contributed by atoms with Crippen molar-refractivity contribution in [3.8, 4) is 0 Å². The Kier molecular flexibility index (Phi) is 6.10. The summed E-state index contributed by atoms with van der Waals surface area (Å²) in [6, 6.07) is 8.27. The van der Waals surface area contributed by atoms with Crippen LogP contribution in [0.5, 0.6) is 0 Å².